The van der Waals surface area contributed by atoms with Crippen LogP contribution in [0, 0.1) is 5.92 Å². The minimum atomic E-state index is -0.829. The van der Waals surface area contributed by atoms with Crippen LogP contribution in [0.5, 0.6) is 0 Å². The van der Waals surface area contributed by atoms with Gasteiger partial charge in [-0.3, -0.25) is 4.79 Å². The Morgan fingerprint density at radius 3 is 2.60 bits per heavy atom. The summed E-state index contributed by atoms with van der Waals surface area (Å²) in [5.41, 5.74) is 0. The number of carbonyl (C=O) groups is 1. The van der Waals surface area contributed by atoms with Crippen molar-refractivity contribution >= 4 is 49.2 Å². The third-order valence-electron chi connectivity index (χ3n) is 2.00. The molecule has 0 spiro atoms. The molecule has 2 atom stereocenters. The van der Waals surface area contributed by atoms with Gasteiger partial charge in [0.25, 0.3) is 0 Å². The molecule has 2 unspecified atom stereocenters. The number of hydrogen-bond donors (Lipinski definition) is 1. The standard InChI is InChI=1S/C9H10Br2O3S/c1-4(9(13)14-2)7(12)6-3-5(10)8(11)15-6/h3-4,7,12H,1-2H3. The lowest BCUT2D eigenvalue weighted by atomic mass is 10.0. The fourth-order valence-electron chi connectivity index (χ4n) is 1.07. The Bertz CT molecular complexity index is 345. The zero-order valence-electron chi connectivity index (χ0n) is 8.16. The minimum absolute atomic E-state index is 0.414. The van der Waals surface area contributed by atoms with Crippen molar-refractivity contribution in [3.05, 3.63) is 19.2 Å². The SMILES string of the molecule is COC(=O)C(C)C(O)c1cc(Br)c(Br)s1. The van der Waals surface area contributed by atoms with E-state index in [-0.39, 0.29) is 0 Å². The fraction of sp³-hybridized carbons (Fsp3) is 0.444. The van der Waals surface area contributed by atoms with Crippen LogP contribution >= 0.6 is 43.2 Å². The molecule has 6 heteroatoms. The van der Waals surface area contributed by atoms with Crippen molar-refractivity contribution in [3.8, 4) is 0 Å². The average molecular weight is 358 g/mol. The van der Waals surface area contributed by atoms with Crippen LogP contribution in [0.4, 0.5) is 0 Å². The first-order chi connectivity index (χ1) is 6.97. The van der Waals surface area contributed by atoms with E-state index in [1.54, 1.807) is 13.0 Å². The molecule has 0 aromatic carbocycles. The maximum Gasteiger partial charge on any atom is 0.311 e. The van der Waals surface area contributed by atoms with Gasteiger partial charge in [0.15, 0.2) is 0 Å². The van der Waals surface area contributed by atoms with E-state index in [2.05, 4.69) is 36.6 Å². The molecule has 0 aliphatic carbocycles. The lowest BCUT2D eigenvalue weighted by Gasteiger charge is -2.14. The summed E-state index contributed by atoms with van der Waals surface area (Å²) >= 11 is 8.05. The van der Waals surface area contributed by atoms with Crippen molar-refractivity contribution in [3.63, 3.8) is 0 Å². The summed E-state index contributed by atoms with van der Waals surface area (Å²) in [6, 6.07) is 1.79. The quantitative estimate of drug-likeness (QED) is 0.845. The number of thiophene rings is 1. The van der Waals surface area contributed by atoms with Crippen LogP contribution in [0.3, 0.4) is 0 Å². The van der Waals surface area contributed by atoms with Gasteiger partial charge >= 0.3 is 5.97 Å². The highest BCUT2D eigenvalue weighted by atomic mass is 79.9. The van der Waals surface area contributed by atoms with Crippen LogP contribution in [0.25, 0.3) is 0 Å². The average Bonchev–Trinajstić information content (AvgIpc) is 2.56. The molecule has 1 rings (SSSR count). The van der Waals surface area contributed by atoms with E-state index in [1.165, 1.54) is 18.4 Å². The summed E-state index contributed by atoms with van der Waals surface area (Å²) in [5.74, 6) is -0.976. The number of halogens is 2. The Labute approximate surface area is 109 Å². The maximum absolute atomic E-state index is 11.2. The van der Waals surface area contributed by atoms with Crippen LogP contribution in [0.1, 0.15) is 17.9 Å². The summed E-state index contributed by atoms with van der Waals surface area (Å²) in [7, 11) is 1.31. The molecule has 0 saturated carbocycles. The Hall–Kier alpha value is 0.0900. The second kappa shape index (κ2) is 5.43. The predicted octanol–water partition coefficient (Wildman–Crippen LogP) is 3.12. The van der Waals surface area contributed by atoms with Crippen molar-refractivity contribution in [2.75, 3.05) is 7.11 Å². The first-order valence-electron chi connectivity index (χ1n) is 4.18. The van der Waals surface area contributed by atoms with E-state index in [4.69, 9.17) is 0 Å². The molecule has 0 bridgehead atoms. The molecule has 0 fully saturated rings. The van der Waals surface area contributed by atoms with Gasteiger partial charge in [-0.15, -0.1) is 11.3 Å². The van der Waals surface area contributed by atoms with Gasteiger partial charge < -0.3 is 9.84 Å². The number of aliphatic hydroxyl groups is 1. The molecule has 1 heterocycles. The van der Waals surface area contributed by atoms with Crippen LogP contribution in [0.15, 0.2) is 14.3 Å². The summed E-state index contributed by atoms with van der Waals surface area (Å²) in [4.78, 5) is 11.9. The molecule has 84 valence electrons. The van der Waals surface area contributed by atoms with Crippen molar-refractivity contribution in [2.24, 2.45) is 5.92 Å². The first kappa shape index (κ1) is 13.2. The van der Waals surface area contributed by atoms with Gasteiger partial charge in [-0.05, 0) is 44.8 Å². The number of carbonyl (C=O) groups excluding carboxylic acids is 1. The molecule has 0 aliphatic rings. The van der Waals surface area contributed by atoms with Gasteiger partial charge in [-0.1, -0.05) is 0 Å². The molecular weight excluding hydrogens is 348 g/mol. The van der Waals surface area contributed by atoms with Gasteiger partial charge in [0.05, 0.1) is 16.8 Å². The summed E-state index contributed by atoms with van der Waals surface area (Å²) < 4.78 is 6.34. The molecule has 0 saturated heterocycles. The molecule has 1 N–H and O–H groups in total. The molecular formula is C9H10Br2O3S. The van der Waals surface area contributed by atoms with Gasteiger partial charge in [-0.25, -0.2) is 0 Å². The second-order valence-electron chi connectivity index (χ2n) is 3.03. The van der Waals surface area contributed by atoms with Crippen LogP contribution < -0.4 is 0 Å². The second-order valence-corrected chi connectivity index (χ2v) is 6.28. The van der Waals surface area contributed by atoms with Crippen LogP contribution in [-0.2, 0) is 9.53 Å². The van der Waals surface area contributed by atoms with Crippen molar-refractivity contribution < 1.29 is 14.6 Å². The van der Waals surface area contributed by atoms with E-state index in [0.717, 1.165) is 13.1 Å². The van der Waals surface area contributed by atoms with Crippen molar-refractivity contribution in [1.82, 2.24) is 0 Å². The lowest BCUT2D eigenvalue weighted by molar-refractivity contribution is -0.148. The highest BCUT2D eigenvalue weighted by molar-refractivity contribution is 9.13. The molecule has 1 aromatic heterocycles. The minimum Gasteiger partial charge on any atom is -0.469 e. The Kier molecular flexibility index (Phi) is 4.76. The lowest BCUT2D eigenvalue weighted by Crippen LogP contribution is -2.19. The van der Waals surface area contributed by atoms with Gasteiger partial charge in [0.1, 0.15) is 6.10 Å². The molecule has 0 radical (unpaired) electrons. The van der Waals surface area contributed by atoms with Gasteiger partial charge in [0, 0.05) is 9.35 Å². The predicted molar refractivity (Wildman–Crippen MR) is 65.9 cm³/mol. The zero-order chi connectivity index (χ0) is 11.6. The normalized spacial score (nSPS) is 14.7. The molecule has 0 amide bonds. The van der Waals surface area contributed by atoms with Crippen LogP contribution in [-0.4, -0.2) is 18.2 Å². The Morgan fingerprint density at radius 1 is 1.60 bits per heavy atom. The smallest absolute Gasteiger partial charge is 0.311 e. The first-order valence-corrected chi connectivity index (χ1v) is 6.58. The van der Waals surface area contributed by atoms with Crippen molar-refractivity contribution in [2.45, 2.75) is 13.0 Å². The number of methoxy groups -OCH3 is 1. The monoisotopic (exact) mass is 356 g/mol. The third-order valence-corrected chi connectivity index (χ3v) is 5.33. The highest BCUT2D eigenvalue weighted by Gasteiger charge is 2.26. The topological polar surface area (TPSA) is 46.5 Å². The van der Waals surface area contributed by atoms with Gasteiger partial charge in [-0.2, -0.15) is 0 Å². The summed E-state index contributed by atoms with van der Waals surface area (Å²) in [6.07, 6.45) is -0.829. The largest absolute Gasteiger partial charge is 0.469 e. The van der Waals surface area contributed by atoms with Gasteiger partial charge in [0.2, 0.25) is 0 Å². The van der Waals surface area contributed by atoms with E-state index in [0.29, 0.717) is 0 Å². The molecule has 1 aromatic rings. The summed E-state index contributed by atoms with van der Waals surface area (Å²) in [5, 5.41) is 9.90. The number of rotatable bonds is 3. The summed E-state index contributed by atoms with van der Waals surface area (Å²) in [6.45, 7) is 1.64. The molecule has 3 nitrogen and oxygen atoms in total. The number of aliphatic hydroxyl groups excluding tert-OH is 1. The fourth-order valence-corrected chi connectivity index (χ4v) is 3.25. The number of ether oxygens (including phenoxy) is 1. The van der Waals surface area contributed by atoms with Crippen LogP contribution in [0.2, 0.25) is 0 Å². The molecule has 15 heavy (non-hydrogen) atoms. The number of esters is 1. The Morgan fingerprint density at radius 2 is 2.20 bits per heavy atom. The van der Waals surface area contributed by atoms with E-state index in [9.17, 15) is 9.90 Å². The third kappa shape index (κ3) is 3.03. The number of hydrogen-bond acceptors (Lipinski definition) is 4. The van der Waals surface area contributed by atoms with E-state index < -0.39 is 18.0 Å². The molecule has 0 aliphatic heterocycles. The van der Waals surface area contributed by atoms with E-state index >= 15 is 0 Å². The maximum atomic E-state index is 11.2. The van der Waals surface area contributed by atoms with Crippen molar-refractivity contribution in [1.29, 1.82) is 0 Å². The Balaban J connectivity index is 2.84. The van der Waals surface area contributed by atoms with E-state index in [1.807, 2.05) is 0 Å². The highest BCUT2D eigenvalue weighted by Crippen LogP contribution is 2.37. The zero-order valence-corrected chi connectivity index (χ0v) is 12.1.